The first-order valence-corrected chi connectivity index (χ1v) is 13.4. The van der Waals surface area contributed by atoms with Crippen LogP contribution in [0.15, 0.2) is 22.8 Å². The zero-order valence-corrected chi connectivity index (χ0v) is 21.3. The van der Waals surface area contributed by atoms with E-state index in [9.17, 15) is 9.59 Å². The molecule has 0 radical (unpaired) electrons. The van der Waals surface area contributed by atoms with Crippen molar-refractivity contribution in [3.63, 3.8) is 0 Å². The minimum atomic E-state index is -0.930. The number of nitrogens with zero attached hydrogens (tertiary/aromatic N) is 3. The number of rotatable bonds is 10. The van der Waals surface area contributed by atoms with E-state index >= 15 is 0 Å². The molecule has 1 atom stereocenters. The maximum absolute atomic E-state index is 13.8. The van der Waals surface area contributed by atoms with Crippen molar-refractivity contribution in [1.82, 2.24) is 19.7 Å². The van der Waals surface area contributed by atoms with E-state index in [4.69, 9.17) is 4.42 Å². The molecule has 188 valence electrons. The molecular weight excluding hydrogens is 428 g/mol. The molecule has 2 aromatic heterocycles. The van der Waals surface area contributed by atoms with Crippen LogP contribution < -0.4 is 5.32 Å². The second-order valence-corrected chi connectivity index (χ2v) is 10.3. The molecule has 1 aliphatic carbocycles. The molecule has 2 amide bonds. The van der Waals surface area contributed by atoms with E-state index in [0.717, 1.165) is 57.3 Å². The van der Waals surface area contributed by atoms with Gasteiger partial charge >= 0.3 is 0 Å². The summed E-state index contributed by atoms with van der Waals surface area (Å²) in [6.07, 6.45) is 11.7. The Hall–Kier alpha value is -2.28. The van der Waals surface area contributed by atoms with Gasteiger partial charge in [0.15, 0.2) is 5.58 Å². The lowest BCUT2D eigenvalue weighted by molar-refractivity contribution is -0.133. The van der Waals surface area contributed by atoms with Crippen molar-refractivity contribution in [3.05, 3.63) is 24.1 Å². The van der Waals surface area contributed by atoms with E-state index < -0.39 is 5.54 Å². The van der Waals surface area contributed by atoms with Crippen molar-refractivity contribution >= 4 is 22.9 Å². The van der Waals surface area contributed by atoms with Gasteiger partial charge in [-0.25, -0.2) is 0 Å². The van der Waals surface area contributed by atoms with Crippen LogP contribution in [0.4, 0.5) is 0 Å². The minimum absolute atomic E-state index is 0.0259. The first-order chi connectivity index (χ1) is 16.5. The number of carbonyl (C=O) groups is 2. The van der Waals surface area contributed by atoms with Crippen LogP contribution in [0, 0.1) is 0 Å². The summed E-state index contributed by atoms with van der Waals surface area (Å²) in [4.78, 5) is 31.8. The van der Waals surface area contributed by atoms with Crippen LogP contribution in [0.5, 0.6) is 0 Å². The van der Waals surface area contributed by atoms with Crippen molar-refractivity contribution < 1.29 is 14.0 Å². The zero-order chi connectivity index (χ0) is 24.1. The standard InChI is InChI=1S/C27H42N4O3/c1-4-6-15-29(5-2)16-11-17-31-25(32)23-19-24-22(14-18-34-24)30(23)20-27(31,3)26(33)28-21-12-9-7-8-10-13-21/h14,18-19,21H,4-13,15-17,20H2,1-3H3,(H,28,33)/t27-/m1/s1. The van der Waals surface area contributed by atoms with Gasteiger partial charge in [0.2, 0.25) is 5.91 Å². The predicted octanol–water partition coefficient (Wildman–Crippen LogP) is 4.80. The van der Waals surface area contributed by atoms with Gasteiger partial charge in [0, 0.05) is 24.7 Å². The lowest BCUT2D eigenvalue weighted by atomic mass is 9.93. The Labute approximate surface area is 203 Å². The van der Waals surface area contributed by atoms with E-state index in [1.54, 1.807) is 6.26 Å². The molecule has 34 heavy (non-hydrogen) atoms. The molecule has 0 bridgehead atoms. The monoisotopic (exact) mass is 470 g/mol. The van der Waals surface area contributed by atoms with Crippen molar-refractivity contribution in [2.75, 3.05) is 26.2 Å². The van der Waals surface area contributed by atoms with Crippen molar-refractivity contribution in [2.45, 2.75) is 96.7 Å². The molecule has 0 saturated heterocycles. The Morgan fingerprint density at radius 2 is 1.91 bits per heavy atom. The first-order valence-electron chi connectivity index (χ1n) is 13.4. The molecule has 0 spiro atoms. The largest absolute Gasteiger partial charge is 0.463 e. The van der Waals surface area contributed by atoms with E-state index in [1.807, 2.05) is 28.5 Å². The van der Waals surface area contributed by atoms with Gasteiger partial charge < -0.3 is 24.1 Å². The third-order valence-corrected chi connectivity index (χ3v) is 7.86. The highest BCUT2D eigenvalue weighted by atomic mass is 16.3. The molecule has 3 heterocycles. The fraction of sp³-hybridized carbons (Fsp3) is 0.704. The number of carbonyl (C=O) groups excluding carboxylic acids is 2. The maximum Gasteiger partial charge on any atom is 0.271 e. The number of unbranched alkanes of at least 4 members (excludes halogenated alkanes) is 1. The quantitative estimate of drug-likeness (QED) is 0.507. The van der Waals surface area contributed by atoms with Crippen molar-refractivity contribution in [3.8, 4) is 0 Å². The number of hydrogen-bond acceptors (Lipinski definition) is 4. The topological polar surface area (TPSA) is 70.7 Å². The molecule has 2 aliphatic rings. The van der Waals surface area contributed by atoms with E-state index in [-0.39, 0.29) is 17.9 Å². The molecule has 0 aromatic carbocycles. The van der Waals surface area contributed by atoms with Gasteiger partial charge in [-0.05, 0) is 52.2 Å². The summed E-state index contributed by atoms with van der Waals surface area (Å²) in [5.41, 5.74) is 1.27. The molecular formula is C27H42N4O3. The summed E-state index contributed by atoms with van der Waals surface area (Å²) >= 11 is 0. The van der Waals surface area contributed by atoms with Gasteiger partial charge in [0.05, 0.1) is 18.3 Å². The van der Waals surface area contributed by atoms with Crippen molar-refractivity contribution in [2.24, 2.45) is 0 Å². The number of hydrogen-bond donors (Lipinski definition) is 1. The molecule has 2 aromatic rings. The van der Waals surface area contributed by atoms with Gasteiger partial charge in [-0.3, -0.25) is 9.59 Å². The van der Waals surface area contributed by atoms with E-state index in [1.165, 1.54) is 25.7 Å². The summed E-state index contributed by atoms with van der Waals surface area (Å²) in [6.45, 7) is 10.4. The summed E-state index contributed by atoms with van der Waals surface area (Å²) in [5.74, 6) is -0.102. The van der Waals surface area contributed by atoms with Gasteiger partial charge in [0.1, 0.15) is 11.2 Å². The fourth-order valence-corrected chi connectivity index (χ4v) is 5.65. The number of amides is 2. The minimum Gasteiger partial charge on any atom is -0.463 e. The molecule has 1 aliphatic heterocycles. The molecule has 4 rings (SSSR count). The highest BCUT2D eigenvalue weighted by Gasteiger charge is 2.48. The Balaban J connectivity index is 1.55. The Kier molecular flexibility index (Phi) is 8.02. The summed E-state index contributed by atoms with van der Waals surface area (Å²) in [5, 5.41) is 3.34. The highest BCUT2D eigenvalue weighted by molar-refractivity contribution is 6.02. The number of fused-ring (bicyclic) bond motifs is 3. The first kappa shape index (κ1) is 24.8. The maximum atomic E-state index is 13.8. The van der Waals surface area contributed by atoms with Crippen LogP contribution in [-0.2, 0) is 11.3 Å². The van der Waals surface area contributed by atoms with Crippen LogP contribution in [0.2, 0.25) is 0 Å². The fourth-order valence-electron chi connectivity index (χ4n) is 5.65. The summed E-state index contributed by atoms with van der Waals surface area (Å²) in [6, 6.07) is 3.92. The van der Waals surface area contributed by atoms with Gasteiger partial charge in [-0.1, -0.05) is 46.0 Å². The Morgan fingerprint density at radius 1 is 1.18 bits per heavy atom. The molecule has 1 saturated carbocycles. The van der Waals surface area contributed by atoms with Crippen LogP contribution in [-0.4, -0.2) is 63.9 Å². The second kappa shape index (κ2) is 11.0. The van der Waals surface area contributed by atoms with Gasteiger partial charge in [-0.15, -0.1) is 0 Å². The number of nitrogens with one attached hydrogen (secondary N) is 1. The van der Waals surface area contributed by atoms with Crippen molar-refractivity contribution in [1.29, 1.82) is 0 Å². The molecule has 7 heteroatoms. The Morgan fingerprint density at radius 3 is 2.62 bits per heavy atom. The van der Waals surface area contributed by atoms with Crippen LogP contribution in [0.1, 0.15) is 89.0 Å². The normalized spacial score (nSPS) is 21.8. The van der Waals surface area contributed by atoms with Gasteiger partial charge in [-0.2, -0.15) is 0 Å². The number of aromatic nitrogens is 1. The molecule has 1 N–H and O–H groups in total. The van der Waals surface area contributed by atoms with E-state index in [2.05, 4.69) is 24.1 Å². The number of furan rings is 1. The molecule has 0 unspecified atom stereocenters. The predicted molar refractivity (Wildman–Crippen MR) is 135 cm³/mol. The molecule has 1 fully saturated rings. The lowest BCUT2D eigenvalue weighted by Gasteiger charge is -2.44. The third kappa shape index (κ3) is 5.04. The second-order valence-electron chi connectivity index (χ2n) is 10.3. The summed E-state index contributed by atoms with van der Waals surface area (Å²) < 4.78 is 7.56. The SMILES string of the molecule is CCCCN(CC)CCCN1C(=O)c2cc3occc3n2C[C@]1(C)C(=O)NC1CCCCCC1. The average Bonchev–Trinajstić information content (AvgIpc) is 3.32. The van der Waals surface area contributed by atoms with Crippen LogP contribution in [0.25, 0.3) is 11.1 Å². The zero-order valence-electron chi connectivity index (χ0n) is 21.3. The van der Waals surface area contributed by atoms with Crippen LogP contribution in [0.3, 0.4) is 0 Å². The smallest absolute Gasteiger partial charge is 0.271 e. The lowest BCUT2D eigenvalue weighted by Crippen LogP contribution is -2.65. The average molecular weight is 471 g/mol. The highest BCUT2D eigenvalue weighted by Crippen LogP contribution is 2.33. The van der Waals surface area contributed by atoms with E-state index in [0.29, 0.717) is 24.4 Å². The molecule has 7 nitrogen and oxygen atoms in total. The summed E-state index contributed by atoms with van der Waals surface area (Å²) in [7, 11) is 0. The van der Waals surface area contributed by atoms with Gasteiger partial charge in [0.25, 0.3) is 5.91 Å². The van der Waals surface area contributed by atoms with Crippen LogP contribution >= 0.6 is 0 Å². The third-order valence-electron chi connectivity index (χ3n) is 7.86. The Bertz CT molecular complexity index is 972.